The second-order valence-corrected chi connectivity index (χ2v) is 4.48. The van der Waals surface area contributed by atoms with Crippen LogP contribution >= 0.6 is 15.9 Å². The van der Waals surface area contributed by atoms with E-state index < -0.39 is 0 Å². The predicted octanol–water partition coefficient (Wildman–Crippen LogP) is 2.85. The molecule has 1 N–H and O–H groups in total. The highest BCUT2D eigenvalue weighted by atomic mass is 79.9. The Balaban J connectivity index is 2.72. The fraction of sp³-hybridized carbons (Fsp3) is 0.364. The van der Waals surface area contributed by atoms with Gasteiger partial charge in [0, 0.05) is 0 Å². The molecule has 0 radical (unpaired) electrons. The summed E-state index contributed by atoms with van der Waals surface area (Å²) in [5, 5.41) is 9.76. The van der Waals surface area contributed by atoms with Crippen LogP contribution in [0.15, 0.2) is 10.5 Å². The van der Waals surface area contributed by atoms with Gasteiger partial charge in [-0.2, -0.15) is 0 Å². The molecule has 1 aliphatic carbocycles. The molecule has 14 heavy (non-hydrogen) atoms. The Hall–Kier alpha value is -0.830. The molecule has 0 atom stereocenters. The Bertz CT molecular complexity index is 410. The van der Waals surface area contributed by atoms with Gasteiger partial charge in [0.2, 0.25) is 0 Å². The molecule has 3 heteroatoms. The molecule has 0 heterocycles. The van der Waals surface area contributed by atoms with Crippen molar-refractivity contribution >= 4 is 21.7 Å². The van der Waals surface area contributed by atoms with Crippen LogP contribution in [0.25, 0.3) is 0 Å². The molecule has 2 rings (SSSR count). The van der Waals surface area contributed by atoms with Crippen LogP contribution in [0.3, 0.4) is 0 Å². The van der Waals surface area contributed by atoms with Gasteiger partial charge in [0.05, 0.1) is 10.0 Å². The summed E-state index contributed by atoms with van der Waals surface area (Å²) in [6, 6.07) is 1.92. The SMILES string of the molecule is CC(=O)c1c(O)c(Br)cc2c1CCC2. The van der Waals surface area contributed by atoms with Gasteiger partial charge in [0.25, 0.3) is 0 Å². The van der Waals surface area contributed by atoms with E-state index in [0.29, 0.717) is 10.0 Å². The summed E-state index contributed by atoms with van der Waals surface area (Å²) in [5.41, 5.74) is 2.74. The molecule has 0 amide bonds. The first-order valence-corrected chi connectivity index (χ1v) is 5.44. The number of phenols is 1. The van der Waals surface area contributed by atoms with E-state index in [9.17, 15) is 9.90 Å². The minimum Gasteiger partial charge on any atom is -0.506 e. The van der Waals surface area contributed by atoms with Crippen molar-refractivity contribution in [2.45, 2.75) is 26.2 Å². The lowest BCUT2D eigenvalue weighted by Gasteiger charge is -2.09. The van der Waals surface area contributed by atoms with Crippen LogP contribution in [0.1, 0.15) is 34.8 Å². The lowest BCUT2D eigenvalue weighted by molar-refractivity contribution is 0.101. The number of Topliss-reactive ketones (excluding diaryl/α,β-unsaturated/α-hetero) is 1. The van der Waals surface area contributed by atoms with Crippen molar-refractivity contribution in [3.05, 3.63) is 27.2 Å². The number of phenolic OH excluding ortho intramolecular Hbond substituents is 1. The minimum atomic E-state index is -0.0537. The second kappa shape index (κ2) is 3.39. The zero-order valence-corrected chi connectivity index (χ0v) is 9.52. The first kappa shape index (κ1) is 9.71. The molecular formula is C11H11BrO2. The zero-order valence-electron chi connectivity index (χ0n) is 7.93. The van der Waals surface area contributed by atoms with Gasteiger partial charge in [0.15, 0.2) is 5.78 Å². The molecule has 0 saturated carbocycles. The maximum absolute atomic E-state index is 11.4. The fourth-order valence-corrected chi connectivity index (χ4v) is 2.55. The largest absolute Gasteiger partial charge is 0.506 e. The summed E-state index contributed by atoms with van der Waals surface area (Å²) in [4.78, 5) is 11.4. The van der Waals surface area contributed by atoms with E-state index in [1.807, 2.05) is 6.07 Å². The molecule has 2 nitrogen and oxygen atoms in total. The van der Waals surface area contributed by atoms with Crippen LogP contribution in [0.4, 0.5) is 0 Å². The molecule has 0 unspecified atom stereocenters. The van der Waals surface area contributed by atoms with E-state index in [0.717, 1.165) is 24.8 Å². The highest BCUT2D eigenvalue weighted by molar-refractivity contribution is 9.10. The fourth-order valence-electron chi connectivity index (χ4n) is 2.07. The van der Waals surface area contributed by atoms with Crippen molar-refractivity contribution in [2.24, 2.45) is 0 Å². The van der Waals surface area contributed by atoms with Crippen LogP contribution in [-0.4, -0.2) is 10.9 Å². The monoisotopic (exact) mass is 254 g/mol. The van der Waals surface area contributed by atoms with Crippen LogP contribution in [-0.2, 0) is 12.8 Å². The molecule has 0 fully saturated rings. The summed E-state index contributed by atoms with van der Waals surface area (Å²) in [5.74, 6) is 0.0418. The van der Waals surface area contributed by atoms with E-state index in [2.05, 4.69) is 15.9 Å². The number of halogens is 1. The number of fused-ring (bicyclic) bond motifs is 1. The first-order valence-electron chi connectivity index (χ1n) is 4.65. The minimum absolute atomic E-state index is 0.0537. The number of aromatic hydroxyl groups is 1. The zero-order chi connectivity index (χ0) is 10.3. The average Bonchev–Trinajstić information content (AvgIpc) is 2.52. The number of hydrogen-bond acceptors (Lipinski definition) is 2. The molecule has 1 aromatic rings. The van der Waals surface area contributed by atoms with Crippen molar-refractivity contribution in [1.29, 1.82) is 0 Å². The molecule has 0 bridgehead atoms. The second-order valence-electron chi connectivity index (χ2n) is 3.63. The topological polar surface area (TPSA) is 37.3 Å². The third-order valence-electron chi connectivity index (χ3n) is 2.68. The summed E-state index contributed by atoms with van der Waals surface area (Å²) < 4.78 is 0.628. The summed E-state index contributed by atoms with van der Waals surface area (Å²) in [6.07, 6.45) is 2.99. The van der Waals surface area contributed by atoms with Gasteiger partial charge in [0.1, 0.15) is 5.75 Å². The normalized spacial score (nSPS) is 14.1. The first-order chi connectivity index (χ1) is 6.61. The Morgan fingerprint density at radius 3 is 2.86 bits per heavy atom. The van der Waals surface area contributed by atoms with Crippen molar-refractivity contribution in [1.82, 2.24) is 0 Å². The quantitative estimate of drug-likeness (QED) is 0.783. The number of hydrogen-bond donors (Lipinski definition) is 1. The number of ketones is 1. The van der Waals surface area contributed by atoms with Gasteiger partial charge in [-0.3, -0.25) is 4.79 Å². The van der Waals surface area contributed by atoms with E-state index in [-0.39, 0.29) is 11.5 Å². The third-order valence-corrected chi connectivity index (χ3v) is 3.28. The van der Waals surface area contributed by atoms with E-state index in [1.54, 1.807) is 0 Å². The van der Waals surface area contributed by atoms with Gasteiger partial charge < -0.3 is 5.11 Å². The van der Waals surface area contributed by atoms with Crippen LogP contribution in [0.5, 0.6) is 5.75 Å². The predicted molar refractivity (Wildman–Crippen MR) is 57.8 cm³/mol. The smallest absolute Gasteiger partial charge is 0.163 e. The van der Waals surface area contributed by atoms with Crippen molar-refractivity contribution in [3.63, 3.8) is 0 Å². The van der Waals surface area contributed by atoms with Crippen LogP contribution in [0.2, 0.25) is 0 Å². The number of rotatable bonds is 1. The van der Waals surface area contributed by atoms with Crippen molar-refractivity contribution in [3.8, 4) is 5.75 Å². The third kappa shape index (κ3) is 1.36. The Kier molecular flexibility index (Phi) is 2.35. The van der Waals surface area contributed by atoms with Gasteiger partial charge in [-0.1, -0.05) is 0 Å². The lowest BCUT2D eigenvalue weighted by atomic mass is 9.99. The van der Waals surface area contributed by atoms with Crippen molar-refractivity contribution in [2.75, 3.05) is 0 Å². The van der Waals surface area contributed by atoms with Gasteiger partial charge >= 0.3 is 0 Å². The van der Waals surface area contributed by atoms with Gasteiger partial charge in [-0.25, -0.2) is 0 Å². The van der Waals surface area contributed by atoms with E-state index in [4.69, 9.17) is 0 Å². The van der Waals surface area contributed by atoms with Gasteiger partial charge in [-0.05, 0) is 59.3 Å². The number of carbonyl (C=O) groups excluding carboxylic acids is 1. The average molecular weight is 255 g/mol. The molecule has 74 valence electrons. The Labute approximate surface area is 91.1 Å². The van der Waals surface area contributed by atoms with Crippen LogP contribution < -0.4 is 0 Å². The van der Waals surface area contributed by atoms with Gasteiger partial charge in [-0.15, -0.1) is 0 Å². The number of aryl methyl sites for hydroxylation is 1. The standard InChI is InChI=1S/C11H11BrO2/c1-6(13)10-8-4-2-3-7(8)5-9(12)11(10)14/h5,14H,2-4H2,1H3. The number of benzene rings is 1. The molecule has 0 aromatic heterocycles. The van der Waals surface area contributed by atoms with E-state index >= 15 is 0 Å². The van der Waals surface area contributed by atoms with Crippen LogP contribution in [0, 0.1) is 0 Å². The molecular weight excluding hydrogens is 244 g/mol. The highest BCUT2D eigenvalue weighted by Crippen LogP contribution is 2.37. The highest BCUT2D eigenvalue weighted by Gasteiger charge is 2.22. The van der Waals surface area contributed by atoms with E-state index in [1.165, 1.54) is 12.5 Å². The van der Waals surface area contributed by atoms with Crippen molar-refractivity contribution < 1.29 is 9.90 Å². The Morgan fingerprint density at radius 1 is 1.50 bits per heavy atom. The maximum Gasteiger partial charge on any atom is 0.163 e. The molecule has 0 aliphatic heterocycles. The summed E-state index contributed by atoms with van der Waals surface area (Å²) in [6.45, 7) is 1.50. The number of carbonyl (C=O) groups is 1. The molecule has 0 spiro atoms. The Morgan fingerprint density at radius 2 is 2.21 bits per heavy atom. The lowest BCUT2D eigenvalue weighted by Crippen LogP contribution is -2.00. The maximum atomic E-state index is 11.4. The molecule has 1 aromatic carbocycles. The summed E-state index contributed by atoms with van der Waals surface area (Å²) in [7, 11) is 0. The summed E-state index contributed by atoms with van der Waals surface area (Å²) >= 11 is 3.27. The molecule has 1 aliphatic rings. The molecule has 0 saturated heterocycles.